The average molecular weight is 338 g/mol. The molecule has 0 amide bonds. The molecule has 0 spiro atoms. The molecule has 0 atom stereocenters. The molecular formula is C14H16BrN3S. The summed E-state index contributed by atoms with van der Waals surface area (Å²) in [5, 5.41) is 4.50. The summed E-state index contributed by atoms with van der Waals surface area (Å²) >= 11 is 5.27. The van der Waals surface area contributed by atoms with Crippen molar-refractivity contribution in [3.8, 4) is 10.6 Å². The zero-order chi connectivity index (χ0) is 13.2. The first-order chi connectivity index (χ1) is 9.28. The fourth-order valence-electron chi connectivity index (χ4n) is 2.06. The summed E-state index contributed by atoms with van der Waals surface area (Å²) in [4.78, 5) is 10.5. The largest absolute Gasteiger partial charge is 0.312 e. The van der Waals surface area contributed by atoms with Crippen LogP contribution in [0, 0.1) is 0 Å². The number of pyridine rings is 1. The minimum Gasteiger partial charge on any atom is -0.312 e. The second-order valence-corrected chi connectivity index (χ2v) is 6.77. The number of halogens is 1. The molecule has 3 nitrogen and oxygen atoms in total. The van der Waals surface area contributed by atoms with Crippen molar-refractivity contribution >= 4 is 27.3 Å². The van der Waals surface area contributed by atoms with Crippen molar-refractivity contribution in [2.24, 2.45) is 0 Å². The van der Waals surface area contributed by atoms with Gasteiger partial charge in [-0.3, -0.25) is 4.98 Å². The van der Waals surface area contributed by atoms with Crippen LogP contribution >= 0.6 is 27.3 Å². The monoisotopic (exact) mass is 337 g/mol. The lowest BCUT2D eigenvalue weighted by Gasteiger charge is -2.00. The van der Waals surface area contributed by atoms with Crippen LogP contribution in [0.2, 0.25) is 0 Å². The van der Waals surface area contributed by atoms with E-state index in [0.717, 1.165) is 28.1 Å². The Morgan fingerprint density at radius 3 is 2.95 bits per heavy atom. The zero-order valence-corrected chi connectivity index (χ0v) is 13.2. The summed E-state index contributed by atoms with van der Waals surface area (Å²) in [5.74, 6) is 0.693. The number of nitrogens with zero attached hydrogens (tertiary/aromatic N) is 2. The normalized spacial score (nSPS) is 14.8. The highest BCUT2D eigenvalue weighted by Gasteiger charge is 2.29. The summed E-state index contributed by atoms with van der Waals surface area (Å²) < 4.78 is 1.00. The van der Waals surface area contributed by atoms with E-state index in [2.05, 4.69) is 39.2 Å². The van der Waals surface area contributed by atoms with Gasteiger partial charge in [0.15, 0.2) is 0 Å². The van der Waals surface area contributed by atoms with Crippen molar-refractivity contribution in [1.82, 2.24) is 15.3 Å². The molecule has 1 aliphatic rings. The third-order valence-corrected chi connectivity index (χ3v) is 4.73. The molecule has 0 aliphatic heterocycles. The minimum absolute atomic E-state index is 0.693. The van der Waals surface area contributed by atoms with Crippen LogP contribution < -0.4 is 5.32 Å². The lowest BCUT2D eigenvalue weighted by molar-refractivity contribution is 0.727. The molecule has 0 bridgehead atoms. The Bertz CT molecular complexity index is 578. The molecule has 19 heavy (non-hydrogen) atoms. The molecule has 1 saturated carbocycles. The van der Waals surface area contributed by atoms with Gasteiger partial charge in [-0.25, -0.2) is 4.98 Å². The average Bonchev–Trinajstić information content (AvgIpc) is 3.17. The Morgan fingerprint density at radius 1 is 1.42 bits per heavy atom. The van der Waals surface area contributed by atoms with E-state index in [1.54, 1.807) is 17.5 Å². The Balaban J connectivity index is 1.93. The van der Waals surface area contributed by atoms with Crippen LogP contribution in [0.5, 0.6) is 0 Å². The van der Waals surface area contributed by atoms with Crippen LogP contribution in [0.3, 0.4) is 0 Å². The molecule has 5 heteroatoms. The Hall–Kier alpha value is -0.780. The number of nitrogens with one attached hydrogen (secondary N) is 1. The maximum atomic E-state index is 4.85. The number of thiazole rings is 1. The Morgan fingerprint density at radius 2 is 2.26 bits per heavy atom. The summed E-state index contributed by atoms with van der Waals surface area (Å²) in [6.45, 7) is 4.06. The van der Waals surface area contributed by atoms with Gasteiger partial charge in [0.25, 0.3) is 0 Å². The highest BCUT2D eigenvalue weighted by molar-refractivity contribution is 9.10. The summed E-state index contributed by atoms with van der Waals surface area (Å²) in [7, 11) is 0. The van der Waals surface area contributed by atoms with Crippen LogP contribution in [-0.2, 0) is 6.54 Å². The molecular weight excluding hydrogens is 322 g/mol. The van der Waals surface area contributed by atoms with Gasteiger partial charge in [0, 0.05) is 39.8 Å². The Labute approximate surface area is 125 Å². The van der Waals surface area contributed by atoms with Gasteiger partial charge in [0.2, 0.25) is 0 Å². The van der Waals surface area contributed by atoms with Crippen LogP contribution in [0.25, 0.3) is 10.6 Å². The first-order valence-corrected chi connectivity index (χ1v) is 8.20. The van der Waals surface area contributed by atoms with Crippen LogP contribution in [0.15, 0.2) is 22.9 Å². The van der Waals surface area contributed by atoms with Crippen molar-refractivity contribution < 1.29 is 0 Å². The smallest absolute Gasteiger partial charge is 0.125 e. The molecule has 0 unspecified atom stereocenters. The fraction of sp³-hybridized carbons (Fsp3) is 0.429. The van der Waals surface area contributed by atoms with Gasteiger partial charge in [0.1, 0.15) is 5.01 Å². The van der Waals surface area contributed by atoms with Crippen molar-refractivity contribution in [2.45, 2.75) is 32.2 Å². The van der Waals surface area contributed by atoms with E-state index in [4.69, 9.17) is 4.98 Å². The second kappa shape index (κ2) is 5.69. The van der Waals surface area contributed by atoms with Gasteiger partial charge >= 0.3 is 0 Å². The second-order valence-electron chi connectivity index (χ2n) is 4.77. The van der Waals surface area contributed by atoms with E-state index in [1.807, 2.05) is 6.20 Å². The summed E-state index contributed by atoms with van der Waals surface area (Å²) in [6, 6.07) is 2.08. The highest BCUT2D eigenvalue weighted by atomic mass is 79.9. The predicted octanol–water partition coefficient (Wildman–Crippen LogP) is 3.95. The maximum Gasteiger partial charge on any atom is 0.125 e. The quantitative estimate of drug-likeness (QED) is 0.897. The number of rotatable bonds is 5. The van der Waals surface area contributed by atoms with Crippen LogP contribution in [0.1, 0.15) is 36.3 Å². The van der Waals surface area contributed by atoms with E-state index < -0.39 is 0 Å². The molecule has 1 aliphatic carbocycles. The maximum absolute atomic E-state index is 4.85. The molecule has 0 saturated heterocycles. The van der Waals surface area contributed by atoms with E-state index in [1.165, 1.54) is 23.4 Å². The summed E-state index contributed by atoms with van der Waals surface area (Å²) in [5.41, 5.74) is 2.41. The van der Waals surface area contributed by atoms with Crippen molar-refractivity contribution in [3.05, 3.63) is 33.5 Å². The standard InChI is InChI=1S/C14H16BrN3S/c1-2-16-8-12-13(9-3-4-9)18-14(19-12)10-5-11(15)7-17-6-10/h5-7,9,16H,2-4,8H2,1H3. The minimum atomic E-state index is 0.693. The molecule has 1 N–H and O–H groups in total. The molecule has 2 heterocycles. The molecule has 3 rings (SSSR count). The van der Waals surface area contributed by atoms with Gasteiger partial charge in [0.05, 0.1) is 5.69 Å². The van der Waals surface area contributed by atoms with E-state index in [-0.39, 0.29) is 0 Å². The third kappa shape index (κ3) is 3.04. The van der Waals surface area contributed by atoms with E-state index in [9.17, 15) is 0 Å². The fourth-order valence-corrected chi connectivity index (χ4v) is 3.52. The van der Waals surface area contributed by atoms with Crippen molar-refractivity contribution in [3.63, 3.8) is 0 Å². The van der Waals surface area contributed by atoms with Crippen molar-refractivity contribution in [1.29, 1.82) is 0 Å². The number of hydrogen-bond acceptors (Lipinski definition) is 4. The van der Waals surface area contributed by atoms with Crippen molar-refractivity contribution in [2.75, 3.05) is 6.54 Å². The van der Waals surface area contributed by atoms with Gasteiger partial charge in [-0.1, -0.05) is 6.92 Å². The van der Waals surface area contributed by atoms with Gasteiger partial charge in [-0.15, -0.1) is 11.3 Å². The topological polar surface area (TPSA) is 37.8 Å². The Kier molecular flexibility index (Phi) is 3.96. The van der Waals surface area contributed by atoms with Crippen LogP contribution in [-0.4, -0.2) is 16.5 Å². The van der Waals surface area contributed by atoms with E-state index in [0.29, 0.717) is 5.92 Å². The molecule has 2 aromatic rings. The van der Waals surface area contributed by atoms with Crippen LogP contribution in [0.4, 0.5) is 0 Å². The molecule has 1 fully saturated rings. The lowest BCUT2D eigenvalue weighted by atomic mass is 10.2. The first-order valence-electron chi connectivity index (χ1n) is 6.59. The van der Waals surface area contributed by atoms with E-state index >= 15 is 0 Å². The molecule has 0 radical (unpaired) electrons. The SMILES string of the molecule is CCNCc1sc(-c2cncc(Br)c2)nc1C1CC1. The highest BCUT2D eigenvalue weighted by Crippen LogP contribution is 2.44. The lowest BCUT2D eigenvalue weighted by Crippen LogP contribution is -2.11. The van der Waals surface area contributed by atoms with Gasteiger partial charge in [-0.2, -0.15) is 0 Å². The summed E-state index contributed by atoms with van der Waals surface area (Å²) in [6.07, 6.45) is 6.27. The zero-order valence-electron chi connectivity index (χ0n) is 10.8. The molecule has 100 valence electrons. The first kappa shape index (κ1) is 13.2. The third-order valence-electron chi connectivity index (χ3n) is 3.18. The number of hydrogen-bond donors (Lipinski definition) is 1. The predicted molar refractivity (Wildman–Crippen MR) is 82.4 cm³/mol. The number of aromatic nitrogens is 2. The molecule has 2 aromatic heterocycles. The van der Waals surface area contributed by atoms with Gasteiger partial charge in [-0.05, 0) is 41.4 Å². The van der Waals surface area contributed by atoms with Gasteiger partial charge < -0.3 is 5.32 Å². The molecule has 0 aromatic carbocycles.